The normalized spacial score (nSPS) is 20.1. The number of aliphatic imine (C=N–C) groups is 1. The van der Waals surface area contributed by atoms with Crippen LogP contribution in [0.1, 0.15) is 29.7 Å². The Morgan fingerprint density at radius 1 is 1.16 bits per heavy atom. The third-order valence-electron chi connectivity index (χ3n) is 6.41. The Labute approximate surface area is 181 Å². The van der Waals surface area contributed by atoms with E-state index in [4.69, 9.17) is 9.47 Å². The van der Waals surface area contributed by atoms with Gasteiger partial charge in [-0.3, -0.25) is 9.79 Å². The van der Waals surface area contributed by atoms with Crippen LogP contribution in [0.15, 0.2) is 35.3 Å². The van der Waals surface area contributed by atoms with Gasteiger partial charge in [0.25, 0.3) is 5.91 Å². The molecule has 1 aromatic carbocycles. The molecule has 1 spiro atoms. The maximum atomic E-state index is 13.5. The number of morpholine rings is 1. The highest BCUT2D eigenvalue weighted by Crippen LogP contribution is 2.33. The number of piperidine rings is 1. The van der Waals surface area contributed by atoms with Crippen LogP contribution >= 0.6 is 0 Å². The number of rotatable bonds is 4. The molecule has 0 N–H and O–H groups in total. The van der Waals surface area contributed by atoms with Crippen LogP contribution in [0.5, 0.6) is 5.88 Å². The number of carbonyl (C=O) groups excluding carboxylic acids is 1. The molecule has 0 radical (unpaired) electrons. The number of carbonyl (C=O) groups is 1. The van der Waals surface area contributed by atoms with Crippen LogP contribution < -0.4 is 9.64 Å². The molecule has 3 aliphatic rings. The van der Waals surface area contributed by atoms with Gasteiger partial charge in [-0.25, -0.2) is 4.98 Å². The molecule has 5 rings (SSSR count). The molecule has 1 amide bonds. The van der Waals surface area contributed by atoms with Crippen LogP contribution in [0.3, 0.4) is 0 Å². The zero-order chi connectivity index (χ0) is 21.4. The molecule has 2 saturated heterocycles. The highest BCUT2D eigenvalue weighted by Gasteiger charge is 2.47. The summed E-state index contributed by atoms with van der Waals surface area (Å²) in [6, 6.07) is 10.1. The molecule has 0 saturated carbocycles. The first-order valence-electron chi connectivity index (χ1n) is 10.8. The lowest BCUT2D eigenvalue weighted by Crippen LogP contribution is -2.61. The smallest absolute Gasteiger partial charge is 0.255 e. The molecule has 31 heavy (non-hydrogen) atoms. The fourth-order valence-corrected chi connectivity index (χ4v) is 4.67. The first kappa shape index (κ1) is 19.9. The molecular formula is C23H27N5O3. The van der Waals surface area contributed by atoms with E-state index in [-0.39, 0.29) is 5.91 Å². The minimum absolute atomic E-state index is 0.0771. The summed E-state index contributed by atoms with van der Waals surface area (Å²) in [7, 11) is 1.60. The Bertz CT molecular complexity index is 1030. The minimum atomic E-state index is -0.763. The predicted octanol–water partition coefficient (Wildman–Crippen LogP) is 1.99. The van der Waals surface area contributed by atoms with E-state index in [9.17, 15) is 4.79 Å². The zero-order valence-electron chi connectivity index (χ0n) is 18.0. The average Bonchev–Trinajstić information content (AvgIpc) is 3.20. The van der Waals surface area contributed by atoms with Crippen molar-refractivity contribution in [2.24, 2.45) is 4.99 Å². The third kappa shape index (κ3) is 3.65. The maximum absolute atomic E-state index is 13.5. The number of amides is 1. The van der Waals surface area contributed by atoms with Crippen LogP contribution in [0, 0.1) is 6.92 Å². The van der Waals surface area contributed by atoms with E-state index in [1.54, 1.807) is 7.11 Å². The van der Waals surface area contributed by atoms with Gasteiger partial charge in [0.15, 0.2) is 0 Å². The molecule has 8 heteroatoms. The van der Waals surface area contributed by atoms with Crippen molar-refractivity contribution in [1.29, 1.82) is 0 Å². The van der Waals surface area contributed by atoms with Gasteiger partial charge >= 0.3 is 0 Å². The Balaban J connectivity index is 1.28. The van der Waals surface area contributed by atoms with E-state index in [2.05, 4.69) is 32.0 Å². The molecule has 0 unspecified atom stereocenters. The second-order valence-electron chi connectivity index (χ2n) is 8.33. The molecule has 0 aliphatic carbocycles. The molecule has 0 atom stereocenters. The van der Waals surface area contributed by atoms with Gasteiger partial charge in [-0.15, -0.1) is 0 Å². The molecule has 0 bridgehead atoms. The lowest BCUT2D eigenvalue weighted by molar-refractivity contribution is -0.174. The fourth-order valence-electron chi connectivity index (χ4n) is 4.67. The van der Waals surface area contributed by atoms with Gasteiger partial charge in [-0.2, -0.15) is 4.98 Å². The number of aromatic nitrogens is 2. The lowest BCUT2D eigenvalue weighted by Gasteiger charge is -2.46. The molecule has 3 aliphatic heterocycles. The lowest BCUT2D eigenvalue weighted by atomic mass is 9.88. The first-order chi connectivity index (χ1) is 15.1. The third-order valence-corrected chi connectivity index (χ3v) is 6.41. The summed E-state index contributed by atoms with van der Waals surface area (Å²) in [5, 5.41) is 0. The molecule has 4 heterocycles. The van der Waals surface area contributed by atoms with Crippen molar-refractivity contribution >= 4 is 17.6 Å². The van der Waals surface area contributed by atoms with Crippen molar-refractivity contribution in [3.8, 4) is 5.88 Å². The van der Waals surface area contributed by atoms with Crippen LogP contribution in [0.2, 0.25) is 0 Å². The highest BCUT2D eigenvalue weighted by molar-refractivity contribution is 6.06. The Kier molecular flexibility index (Phi) is 5.09. The molecule has 1 aromatic heterocycles. The fraction of sp³-hybridized carbons (Fsp3) is 0.478. The largest absolute Gasteiger partial charge is 0.481 e. The van der Waals surface area contributed by atoms with Crippen molar-refractivity contribution in [3.05, 3.63) is 47.2 Å². The minimum Gasteiger partial charge on any atom is -0.481 e. The quantitative estimate of drug-likeness (QED) is 0.751. The van der Waals surface area contributed by atoms with Gasteiger partial charge in [0.2, 0.25) is 11.8 Å². The van der Waals surface area contributed by atoms with Gasteiger partial charge < -0.3 is 19.3 Å². The number of hydrogen-bond acceptors (Lipinski definition) is 7. The van der Waals surface area contributed by atoms with Crippen LogP contribution in [-0.4, -0.2) is 72.0 Å². The molecule has 162 valence electrons. The second-order valence-corrected chi connectivity index (χ2v) is 8.33. The van der Waals surface area contributed by atoms with Gasteiger partial charge in [-0.1, -0.05) is 24.3 Å². The second kappa shape index (κ2) is 7.92. The van der Waals surface area contributed by atoms with E-state index < -0.39 is 5.60 Å². The Morgan fingerprint density at radius 3 is 2.77 bits per heavy atom. The summed E-state index contributed by atoms with van der Waals surface area (Å²) in [6.07, 6.45) is 1.23. The zero-order valence-corrected chi connectivity index (χ0v) is 18.0. The topological polar surface area (TPSA) is 80.2 Å². The van der Waals surface area contributed by atoms with Crippen LogP contribution in [0.25, 0.3) is 0 Å². The van der Waals surface area contributed by atoms with Crippen molar-refractivity contribution in [2.45, 2.75) is 31.9 Å². The standard InChI is InChI=1S/C23H27N5O3/c1-16-13-20(30-2)26-22(25-16)27-9-7-23(8-10-27)21(29)28(11-12-31-23)15-19-18-6-4-3-5-17(18)14-24-19/h3-6,13H,7-12,14-15H2,1-2H3. The number of methoxy groups -OCH3 is 1. The molecular weight excluding hydrogens is 394 g/mol. The summed E-state index contributed by atoms with van der Waals surface area (Å²) < 4.78 is 11.4. The summed E-state index contributed by atoms with van der Waals surface area (Å²) >= 11 is 0. The number of nitrogens with zero attached hydrogens (tertiary/aromatic N) is 5. The van der Waals surface area contributed by atoms with E-state index in [0.717, 1.165) is 17.0 Å². The van der Waals surface area contributed by atoms with Crippen molar-refractivity contribution in [1.82, 2.24) is 14.9 Å². The summed E-state index contributed by atoms with van der Waals surface area (Å²) in [4.78, 5) is 31.2. The maximum Gasteiger partial charge on any atom is 0.255 e. The van der Waals surface area contributed by atoms with Gasteiger partial charge in [0.05, 0.1) is 32.5 Å². The number of anilines is 1. The van der Waals surface area contributed by atoms with Crippen LogP contribution in [0.4, 0.5) is 5.95 Å². The highest BCUT2D eigenvalue weighted by atomic mass is 16.5. The monoisotopic (exact) mass is 421 g/mol. The number of ether oxygens (including phenoxy) is 2. The number of hydrogen-bond donors (Lipinski definition) is 0. The van der Waals surface area contributed by atoms with E-state index >= 15 is 0 Å². The number of benzene rings is 1. The van der Waals surface area contributed by atoms with Gasteiger partial charge in [0.1, 0.15) is 5.60 Å². The van der Waals surface area contributed by atoms with Gasteiger partial charge in [-0.05, 0) is 12.5 Å². The van der Waals surface area contributed by atoms with Crippen LogP contribution in [-0.2, 0) is 16.1 Å². The molecule has 2 fully saturated rings. The summed E-state index contributed by atoms with van der Waals surface area (Å²) in [5.41, 5.74) is 3.49. The predicted molar refractivity (Wildman–Crippen MR) is 117 cm³/mol. The molecule has 8 nitrogen and oxygen atoms in total. The number of aryl methyl sites for hydroxylation is 1. The summed E-state index contributed by atoms with van der Waals surface area (Å²) in [6.45, 7) is 5.65. The van der Waals surface area contributed by atoms with Crippen molar-refractivity contribution < 1.29 is 14.3 Å². The van der Waals surface area contributed by atoms with E-state index in [1.807, 2.05) is 30.0 Å². The Morgan fingerprint density at radius 2 is 1.97 bits per heavy atom. The molecule has 2 aromatic rings. The van der Waals surface area contributed by atoms with Crippen molar-refractivity contribution in [3.63, 3.8) is 0 Å². The summed E-state index contributed by atoms with van der Waals surface area (Å²) in [5.74, 6) is 1.27. The SMILES string of the molecule is COc1cc(C)nc(N2CCC3(CC2)OCCN(CC2=NCc4ccccc42)C3=O)n1. The van der Waals surface area contributed by atoms with E-state index in [0.29, 0.717) is 64.0 Å². The van der Waals surface area contributed by atoms with Crippen molar-refractivity contribution in [2.75, 3.05) is 44.8 Å². The average molecular weight is 422 g/mol. The Hall–Kier alpha value is -3.00. The van der Waals surface area contributed by atoms with E-state index in [1.165, 1.54) is 5.56 Å². The first-order valence-corrected chi connectivity index (χ1v) is 10.8. The van der Waals surface area contributed by atoms with Gasteiger partial charge in [0, 0.05) is 49.8 Å². The number of fused-ring (bicyclic) bond motifs is 1.